The molecule has 1 heterocycles. The molecule has 1 aromatic carbocycles. The molecule has 1 saturated heterocycles. The molecule has 0 radical (unpaired) electrons. The van der Waals surface area contributed by atoms with Gasteiger partial charge in [0.05, 0.1) is 0 Å². The van der Waals surface area contributed by atoms with Crippen LogP contribution in [0.4, 0.5) is 0 Å². The molecule has 1 saturated carbocycles. The van der Waals surface area contributed by atoms with Gasteiger partial charge in [0.15, 0.2) is 6.61 Å². The van der Waals surface area contributed by atoms with Crippen LogP contribution in [-0.4, -0.2) is 36.1 Å². The molecule has 1 amide bonds. The van der Waals surface area contributed by atoms with Crippen molar-refractivity contribution in [2.24, 2.45) is 0 Å². The second kappa shape index (κ2) is 7.38. The van der Waals surface area contributed by atoms with Gasteiger partial charge in [-0.3, -0.25) is 4.79 Å². The molecule has 2 atom stereocenters. The van der Waals surface area contributed by atoms with Crippen LogP contribution in [0, 0.1) is 0 Å². The first-order chi connectivity index (χ1) is 10.7. The minimum absolute atomic E-state index is 0.0275. The van der Waals surface area contributed by atoms with Gasteiger partial charge in [-0.15, -0.1) is 0 Å². The molecule has 3 rings (SSSR count). The molecule has 1 aromatic rings. The van der Waals surface area contributed by atoms with Crippen molar-refractivity contribution in [3.8, 4) is 5.75 Å². The molecule has 2 aliphatic rings. The van der Waals surface area contributed by atoms with Crippen LogP contribution in [-0.2, 0) is 4.79 Å². The minimum atomic E-state index is -0.0275. The van der Waals surface area contributed by atoms with Gasteiger partial charge in [0.25, 0.3) is 5.91 Å². The van der Waals surface area contributed by atoms with E-state index in [4.69, 9.17) is 4.74 Å². The lowest BCUT2D eigenvalue weighted by molar-refractivity contribution is -0.123. The molecular weight excluding hydrogens is 296 g/mol. The number of nitrogens with one attached hydrogen (secondary N) is 2. The quantitative estimate of drug-likeness (QED) is 0.810. The summed E-state index contributed by atoms with van der Waals surface area (Å²) in [5.74, 6) is 3.19. The van der Waals surface area contributed by atoms with Gasteiger partial charge >= 0.3 is 0 Å². The second-order valence-corrected chi connectivity index (χ2v) is 7.30. The highest BCUT2D eigenvalue weighted by Gasteiger charge is 2.23. The van der Waals surface area contributed by atoms with Crippen molar-refractivity contribution >= 4 is 17.7 Å². The second-order valence-electron chi connectivity index (χ2n) is 6.15. The Balaban J connectivity index is 1.45. The zero-order chi connectivity index (χ0) is 15.4. The molecule has 2 N–H and O–H groups in total. The highest BCUT2D eigenvalue weighted by Crippen LogP contribution is 2.23. The van der Waals surface area contributed by atoms with Gasteiger partial charge in [0.2, 0.25) is 0 Å². The Bertz CT molecular complexity index is 496. The fourth-order valence-electron chi connectivity index (χ4n) is 2.61. The molecular formula is C17H24N2O2S. The average molecular weight is 320 g/mol. The van der Waals surface area contributed by atoms with E-state index in [0.717, 1.165) is 18.6 Å². The number of benzene rings is 1. The number of amides is 1. The zero-order valence-corrected chi connectivity index (χ0v) is 13.8. The van der Waals surface area contributed by atoms with Crippen LogP contribution in [0.5, 0.6) is 5.75 Å². The third kappa shape index (κ3) is 4.65. The molecule has 0 unspecified atom stereocenters. The first-order valence-electron chi connectivity index (χ1n) is 8.06. The highest BCUT2D eigenvalue weighted by molar-refractivity contribution is 7.99. The van der Waals surface area contributed by atoms with E-state index in [-0.39, 0.29) is 12.5 Å². The van der Waals surface area contributed by atoms with Crippen LogP contribution < -0.4 is 15.4 Å². The predicted octanol–water partition coefficient (Wildman–Crippen LogP) is 2.50. The highest BCUT2D eigenvalue weighted by atomic mass is 32.2. The molecule has 2 fully saturated rings. The maximum atomic E-state index is 11.6. The van der Waals surface area contributed by atoms with Crippen molar-refractivity contribution in [2.75, 3.05) is 18.1 Å². The summed E-state index contributed by atoms with van der Waals surface area (Å²) in [5, 5.41) is 6.59. The summed E-state index contributed by atoms with van der Waals surface area (Å²) in [7, 11) is 0. The van der Waals surface area contributed by atoms with Gasteiger partial charge in [-0.1, -0.05) is 12.1 Å². The van der Waals surface area contributed by atoms with Crippen LogP contribution in [0.15, 0.2) is 24.3 Å². The fraction of sp³-hybridized carbons (Fsp3) is 0.588. The van der Waals surface area contributed by atoms with Crippen molar-refractivity contribution in [1.29, 1.82) is 0 Å². The molecule has 1 aliphatic carbocycles. The number of carbonyl (C=O) groups is 1. The average Bonchev–Trinajstić information content (AvgIpc) is 3.18. The van der Waals surface area contributed by atoms with E-state index < -0.39 is 0 Å². The van der Waals surface area contributed by atoms with Crippen LogP contribution >= 0.6 is 11.8 Å². The molecule has 0 spiro atoms. The number of ether oxygens (including phenoxy) is 1. The van der Waals surface area contributed by atoms with Crippen LogP contribution in [0.3, 0.4) is 0 Å². The maximum Gasteiger partial charge on any atom is 0.258 e. The Morgan fingerprint density at radius 2 is 2.05 bits per heavy atom. The SMILES string of the molecule is C[C@H](N[C@H]1CCSC1)c1ccc(OCC(=O)NC2CC2)cc1. The van der Waals surface area contributed by atoms with E-state index in [0.29, 0.717) is 18.1 Å². The summed E-state index contributed by atoms with van der Waals surface area (Å²) in [6.07, 6.45) is 3.46. The smallest absolute Gasteiger partial charge is 0.258 e. The first-order valence-corrected chi connectivity index (χ1v) is 9.22. The molecule has 1 aliphatic heterocycles. The lowest BCUT2D eigenvalue weighted by Crippen LogP contribution is -2.31. The third-order valence-corrected chi connectivity index (χ3v) is 5.27. The van der Waals surface area contributed by atoms with Crippen molar-refractivity contribution < 1.29 is 9.53 Å². The van der Waals surface area contributed by atoms with Crippen molar-refractivity contribution in [1.82, 2.24) is 10.6 Å². The number of hydrogen-bond donors (Lipinski definition) is 2. The molecule has 22 heavy (non-hydrogen) atoms. The molecule has 120 valence electrons. The topological polar surface area (TPSA) is 50.4 Å². The Morgan fingerprint density at radius 1 is 1.27 bits per heavy atom. The Hall–Kier alpha value is -1.20. The normalized spacial score (nSPS) is 22.3. The van der Waals surface area contributed by atoms with E-state index in [1.807, 2.05) is 23.9 Å². The molecule has 0 aromatic heterocycles. The summed E-state index contributed by atoms with van der Waals surface area (Å²) in [6.45, 7) is 2.30. The zero-order valence-electron chi connectivity index (χ0n) is 13.0. The summed E-state index contributed by atoms with van der Waals surface area (Å²) in [5.41, 5.74) is 1.26. The van der Waals surface area contributed by atoms with Crippen LogP contribution in [0.25, 0.3) is 0 Å². The molecule has 0 bridgehead atoms. The van der Waals surface area contributed by atoms with Crippen LogP contribution in [0.2, 0.25) is 0 Å². The van der Waals surface area contributed by atoms with Gasteiger partial charge in [-0.2, -0.15) is 11.8 Å². The van der Waals surface area contributed by atoms with E-state index in [9.17, 15) is 4.79 Å². The standard InChI is InChI=1S/C17H24N2O2S/c1-12(18-15-8-9-22-11-15)13-2-6-16(7-3-13)21-10-17(20)19-14-4-5-14/h2-3,6-7,12,14-15,18H,4-5,8-11H2,1H3,(H,19,20)/t12-,15-/m0/s1. The summed E-state index contributed by atoms with van der Waals surface area (Å²) >= 11 is 2.02. The van der Waals surface area contributed by atoms with Gasteiger partial charge in [0.1, 0.15) is 5.75 Å². The van der Waals surface area contributed by atoms with Crippen molar-refractivity contribution in [2.45, 2.75) is 44.3 Å². The number of hydrogen-bond acceptors (Lipinski definition) is 4. The van der Waals surface area contributed by atoms with Gasteiger partial charge in [-0.25, -0.2) is 0 Å². The van der Waals surface area contributed by atoms with Crippen molar-refractivity contribution in [3.05, 3.63) is 29.8 Å². The number of thioether (sulfide) groups is 1. The Labute approximate surface area is 136 Å². The maximum absolute atomic E-state index is 11.6. The van der Waals surface area contributed by atoms with Crippen molar-refractivity contribution in [3.63, 3.8) is 0 Å². The summed E-state index contributed by atoms with van der Waals surface area (Å²) in [6, 6.07) is 9.40. The monoisotopic (exact) mass is 320 g/mol. The van der Waals surface area contributed by atoms with E-state index in [1.54, 1.807) is 0 Å². The number of rotatable bonds is 7. The summed E-state index contributed by atoms with van der Waals surface area (Å²) < 4.78 is 5.53. The van der Waals surface area contributed by atoms with E-state index in [1.165, 1.54) is 23.5 Å². The Morgan fingerprint density at radius 3 is 2.68 bits per heavy atom. The van der Waals surface area contributed by atoms with Gasteiger partial charge in [0, 0.05) is 23.9 Å². The lowest BCUT2D eigenvalue weighted by atomic mass is 10.1. The van der Waals surface area contributed by atoms with Crippen LogP contribution in [0.1, 0.15) is 37.8 Å². The molecule has 5 heteroatoms. The van der Waals surface area contributed by atoms with E-state index >= 15 is 0 Å². The minimum Gasteiger partial charge on any atom is -0.484 e. The predicted molar refractivity (Wildman–Crippen MR) is 90.4 cm³/mol. The summed E-state index contributed by atoms with van der Waals surface area (Å²) in [4.78, 5) is 11.6. The van der Waals surface area contributed by atoms with E-state index in [2.05, 4.69) is 29.7 Å². The van der Waals surface area contributed by atoms with Gasteiger partial charge < -0.3 is 15.4 Å². The number of carbonyl (C=O) groups excluding carboxylic acids is 1. The first kappa shape index (κ1) is 15.7. The largest absolute Gasteiger partial charge is 0.484 e. The molecule has 4 nitrogen and oxygen atoms in total. The van der Waals surface area contributed by atoms with Gasteiger partial charge in [-0.05, 0) is 49.6 Å². The third-order valence-electron chi connectivity index (χ3n) is 4.11. The Kier molecular flexibility index (Phi) is 5.26. The lowest BCUT2D eigenvalue weighted by Gasteiger charge is -2.19. The fourth-order valence-corrected chi connectivity index (χ4v) is 3.78.